The van der Waals surface area contributed by atoms with Gasteiger partial charge in [-0.05, 0) is 48.8 Å². The number of rotatable bonds is 3. The van der Waals surface area contributed by atoms with Gasteiger partial charge in [-0.2, -0.15) is 13.2 Å². The van der Waals surface area contributed by atoms with Gasteiger partial charge in [-0.3, -0.25) is 19.1 Å². The Balaban J connectivity index is 1.63. The lowest BCUT2D eigenvalue weighted by molar-refractivity contribution is -0.140. The molecule has 1 saturated heterocycles. The Kier molecular flexibility index (Phi) is 5.96. The van der Waals surface area contributed by atoms with Crippen LogP contribution in [0.3, 0.4) is 0 Å². The van der Waals surface area contributed by atoms with Gasteiger partial charge in [-0.15, -0.1) is 0 Å². The number of amides is 1. The standard InChI is InChI=1S/C26H25F3N4O2/c1-31-9-4-10-32(12-11-31)24(34)20-6-3-2-5-18(20)17-7-8-19-21-14-30-15-22(21)25(35)33(23(19)13-17)16-26(27,28)29/h2-3,5-8,13,15H,4,9-12,14,16H2,1H3. The number of pyridine rings is 1. The van der Waals surface area contributed by atoms with Crippen molar-refractivity contribution in [2.24, 2.45) is 4.99 Å². The van der Waals surface area contributed by atoms with E-state index in [9.17, 15) is 22.8 Å². The smallest absolute Gasteiger partial charge is 0.337 e. The van der Waals surface area contributed by atoms with Crippen molar-refractivity contribution in [3.05, 3.63) is 69.5 Å². The zero-order valence-electron chi connectivity index (χ0n) is 19.3. The number of carbonyl (C=O) groups excluding carboxylic acids is 1. The lowest BCUT2D eigenvalue weighted by Crippen LogP contribution is -2.34. The number of fused-ring (bicyclic) bond motifs is 3. The average Bonchev–Trinajstić information content (AvgIpc) is 3.23. The number of hydrogen-bond donors (Lipinski definition) is 0. The number of nitrogens with zero attached hydrogens (tertiary/aromatic N) is 4. The minimum atomic E-state index is -4.56. The van der Waals surface area contributed by atoms with Gasteiger partial charge >= 0.3 is 6.18 Å². The highest BCUT2D eigenvalue weighted by molar-refractivity contribution is 6.02. The maximum Gasteiger partial charge on any atom is 0.406 e. The average molecular weight is 483 g/mol. The van der Waals surface area contributed by atoms with Crippen molar-refractivity contribution in [2.45, 2.75) is 25.7 Å². The van der Waals surface area contributed by atoms with Gasteiger partial charge in [0.1, 0.15) is 6.54 Å². The van der Waals surface area contributed by atoms with Crippen LogP contribution in [0.4, 0.5) is 13.2 Å². The first-order valence-electron chi connectivity index (χ1n) is 11.6. The number of carbonyl (C=O) groups is 1. The lowest BCUT2D eigenvalue weighted by atomic mass is 9.95. The summed E-state index contributed by atoms with van der Waals surface area (Å²) in [7, 11) is 2.03. The summed E-state index contributed by atoms with van der Waals surface area (Å²) in [6, 6.07) is 12.2. The molecule has 1 amide bonds. The van der Waals surface area contributed by atoms with E-state index in [4.69, 9.17) is 0 Å². The molecule has 0 radical (unpaired) electrons. The van der Waals surface area contributed by atoms with Crippen LogP contribution < -0.4 is 5.56 Å². The molecule has 1 aromatic heterocycles. The van der Waals surface area contributed by atoms with Crippen molar-refractivity contribution in [3.63, 3.8) is 0 Å². The first-order valence-corrected chi connectivity index (χ1v) is 11.6. The summed E-state index contributed by atoms with van der Waals surface area (Å²) < 4.78 is 41.0. The molecule has 0 N–H and O–H groups in total. The third-order valence-electron chi connectivity index (χ3n) is 6.70. The molecule has 0 spiro atoms. The number of likely N-dealkylation sites (N-methyl/N-ethyl adjacent to an activating group) is 1. The van der Waals surface area contributed by atoms with E-state index >= 15 is 0 Å². The van der Waals surface area contributed by atoms with Gasteiger partial charge in [0.2, 0.25) is 0 Å². The zero-order valence-corrected chi connectivity index (χ0v) is 19.3. The Morgan fingerprint density at radius 2 is 1.86 bits per heavy atom. The summed E-state index contributed by atoms with van der Waals surface area (Å²) in [5.74, 6) is -0.106. The summed E-state index contributed by atoms with van der Waals surface area (Å²) in [4.78, 5) is 34.5. The number of hydrogen-bond acceptors (Lipinski definition) is 4. The van der Waals surface area contributed by atoms with Crippen LogP contribution in [0.2, 0.25) is 0 Å². The van der Waals surface area contributed by atoms with Crippen molar-refractivity contribution in [1.29, 1.82) is 0 Å². The molecule has 1 fully saturated rings. The first-order chi connectivity index (χ1) is 16.7. The molecule has 3 aromatic rings. The van der Waals surface area contributed by atoms with Gasteiger partial charge < -0.3 is 9.80 Å². The van der Waals surface area contributed by atoms with E-state index in [0.29, 0.717) is 40.7 Å². The van der Waals surface area contributed by atoms with E-state index in [-0.39, 0.29) is 23.5 Å². The summed E-state index contributed by atoms with van der Waals surface area (Å²) in [6.45, 7) is 1.81. The molecule has 6 nitrogen and oxygen atoms in total. The summed E-state index contributed by atoms with van der Waals surface area (Å²) in [6.07, 6.45) is -2.34. The second-order valence-electron chi connectivity index (χ2n) is 9.10. The predicted octanol–water partition coefficient (Wildman–Crippen LogP) is 3.94. The summed E-state index contributed by atoms with van der Waals surface area (Å²) >= 11 is 0. The predicted molar refractivity (Wildman–Crippen MR) is 129 cm³/mol. The van der Waals surface area contributed by atoms with Crippen LogP contribution in [0.25, 0.3) is 22.0 Å². The van der Waals surface area contributed by atoms with E-state index < -0.39 is 18.3 Å². The van der Waals surface area contributed by atoms with E-state index in [1.54, 1.807) is 42.5 Å². The number of aliphatic imine (C=N–C) groups is 1. The molecule has 0 aliphatic carbocycles. The van der Waals surface area contributed by atoms with Crippen molar-refractivity contribution < 1.29 is 18.0 Å². The molecule has 0 atom stereocenters. The largest absolute Gasteiger partial charge is 0.406 e. The molecule has 182 valence electrons. The van der Waals surface area contributed by atoms with Gasteiger partial charge in [0, 0.05) is 36.8 Å². The van der Waals surface area contributed by atoms with Gasteiger partial charge in [0.15, 0.2) is 0 Å². The summed E-state index contributed by atoms with van der Waals surface area (Å²) in [5.41, 5.74) is 2.02. The SMILES string of the molecule is CN1CCCN(C(=O)c2ccccc2-c2ccc3c4c(c(=O)n(CC(F)(F)F)c3c2)C=NC4)CC1. The second kappa shape index (κ2) is 8.96. The summed E-state index contributed by atoms with van der Waals surface area (Å²) in [5, 5.41) is 0.560. The van der Waals surface area contributed by atoms with Crippen LogP contribution >= 0.6 is 0 Å². The monoisotopic (exact) mass is 482 g/mol. The molecule has 5 rings (SSSR count). The molecule has 2 aliphatic rings. The molecule has 3 heterocycles. The van der Waals surface area contributed by atoms with Gasteiger partial charge in [0.05, 0.1) is 17.6 Å². The fraction of sp³-hybridized carbons (Fsp3) is 0.346. The first kappa shape index (κ1) is 23.3. The molecule has 2 aromatic carbocycles. The fourth-order valence-corrected chi connectivity index (χ4v) is 4.92. The van der Waals surface area contributed by atoms with Crippen LogP contribution in [-0.4, -0.2) is 65.9 Å². The van der Waals surface area contributed by atoms with Crippen molar-refractivity contribution >= 4 is 23.0 Å². The molecular formula is C26H25F3N4O2. The van der Waals surface area contributed by atoms with Crippen molar-refractivity contribution in [3.8, 4) is 11.1 Å². The quantitative estimate of drug-likeness (QED) is 0.568. The van der Waals surface area contributed by atoms with Crippen LogP contribution in [0.15, 0.2) is 52.3 Å². The van der Waals surface area contributed by atoms with E-state index in [2.05, 4.69) is 9.89 Å². The Morgan fingerprint density at radius 3 is 2.66 bits per heavy atom. The molecule has 0 saturated carbocycles. The number of alkyl halides is 3. The third-order valence-corrected chi connectivity index (χ3v) is 6.70. The molecule has 0 unspecified atom stereocenters. The molecule has 0 bridgehead atoms. The van der Waals surface area contributed by atoms with Crippen molar-refractivity contribution in [1.82, 2.24) is 14.4 Å². The Hall–Kier alpha value is -3.46. The van der Waals surface area contributed by atoms with Crippen molar-refractivity contribution in [2.75, 3.05) is 33.2 Å². The topological polar surface area (TPSA) is 57.9 Å². The van der Waals surface area contributed by atoms with Crippen LogP contribution in [0.1, 0.15) is 27.9 Å². The minimum absolute atomic E-state index is 0.106. The second-order valence-corrected chi connectivity index (χ2v) is 9.10. The third kappa shape index (κ3) is 4.48. The van der Waals surface area contributed by atoms with Crippen LogP contribution in [0.5, 0.6) is 0 Å². The van der Waals surface area contributed by atoms with Gasteiger partial charge in [-0.25, -0.2) is 0 Å². The van der Waals surface area contributed by atoms with E-state index in [0.717, 1.165) is 24.1 Å². The Morgan fingerprint density at radius 1 is 1.06 bits per heavy atom. The Labute approximate surface area is 200 Å². The van der Waals surface area contributed by atoms with Gasteiger partial charge in [-0.1, -0.05) is 30.3 Å². The highest BCUT2D eigenvalue weighted by atomic mass is 19.4. The number of halogens is 3. The molecular weight excluding hydrogens is 457 g/mol. The molecule has 2 aliphatic heterocycles. The number of benzene rings is 2. The normalized spacial score (nSPS) is 16.5. The highest BCUT2D eigenvalue weighted by Crippen LogP contribution is 2.32. The number of aromatic nitrogens is 1. The van der Waals surface area contributed by atoms with Crippen LogP contribution in [0, 0.1) is 0 Å². The molecule has 9 heteroatoms. The molecule has 35 heavy (non-hydrogen) atoms. The van der Waals surface area contributed by atoms with E-state index in [1.807, 2.05) is 11.9 Å². The highest BCUT2D eigenvalue weighted by Gasteiger charge is 2.31. The van der Waals surface area contributed by atoms with Crippen LogP contribution in [-0.2, 0) is 13.1 Å². The maximum absolute atomic E-state index is 13.5. The van der Waals surface area contributed by atoms with E-state index in [1.165, 1.54) is 6.21 Å². The lowest BCUT2D eigenvalue weighted by Gasteiger charge is -2.22. The maximum atomic E-state index is 13.5. The minimum Gasteiger partial charge on any atom is -0.337 e. The Bertz CT molecular complexity index is 1390. The van der Waals surface area contributed by atoms with Gasteiger partial charge in [0.25, 0.3) is 11.5 Å². The zero-order chi connectivity index (χ0) is 24.7. The fourth-order valence-electron chi connectivity index (χ4n) is 4.92.